The number of fused-ring (bicyclic) bond motifs is 1. The van der Waals surface area contributed by atoms with Gasteiger partial charge in [0, 0.05) is 12.3 Å². The van der Waals surface area contributed by atoms with Crippen molar-refractivity contribution in [3.05, 3.63) is 12.2 Å². The molecule has 0 saturated heterocycles. The van der Waals surface area contributed by atoms with Crippen LogP contribution >= 0.6 is 0 Å². The summed E-state index contributed by atoms with van der Waals surface area (Å²) in [5.41, 5.74) is 1.22. The largest absolute Gasteiger partial charge is 0.299 e. The number of hydrogen-bond acceptors (Lipinski definition) is 1. The summed E-state index contributed by atoms with van der Waals surface area (Å²) in [6.07, 6.45) is 3.20. The van der Waals surface area contributed by atoms with Crippen LogP contribution in [0.2, 0.25) is 0 Å². The third-order valence-electron chi connectivity index (χ3n) is 3.07. The Kier molecular flexibility index (Phi) is 1.41. The summed E-state index contributed by atoms with van der Waals surface area (Å²) in [4.78, 5) is 11.3. The summed E-state index contributed by atoms with van der Waals surface area (Å²) in [6.45, 7) is 5.98. The maximum absolute atomic E-state index is 11.3. The average Bonchev–Trinajstić information content (AvgIpc) is 2.62. The standard InChI is InChI=1S/C10H14O/c1-6(2)9-7-4-3-5-8(11)10(7)9/h7,9-10H,1,3-5H2,2H3/t7-,9?,10+/m0/s1. The van der Waals surface area contributed by atoms with Crippen molar-refractivity contribution in [2.75, 3.05) is 0 Å². The summed E-state index contributed by atoms with van der Waals surface area (Å²) in [5.74, 6) is 2.13. The van der Waals surface area contributed by atoms with Crippen LogP contribution in [0.3, 0.4) is 0 Å². The number of Topliss-reactive ketones (excluding diaryl/α,β-unsaturated/α-hetero) is 1. The zero-order chi connectivity index (χ0) is 8.01. The van der Waals surface area contributed by atoms with Crippen LogP contribution < -0.4 is 0 Å². The van der Waals surface area contributed by atoms with E-state index in [1.54, 1.807) is 0 Å². The third-order valence-corrected chi connectivity index (χ3v) is 3.07. The van der Waals surface area contributed by atoms with E-state index < -0.39 is 0 Å². The van der Waals surface area contributed by atoms with Gasteiger partial charge in [-0.1, -0.05) is 12.2 Å². The van der Waals surface area contributed by atoms with E-state index in [2.05, 4.69) is 13.5 Å². The van der Waals surface area contributed by atoms with Gasteiger partial charge in [0.25, 0.3) is 0 Å². The molecule has 2 rings (SSSR count). The van der Waals surface area contributed by atoms with Crippen LogP contribution in [0.15, 0.2) is 12.2 Å². The molecule has 0 aliphatic heterocycles. The van der Waals surface area contributed by atoms with E-state index in [-0.39, 0.29) is 0 Å². The van der Waals surface area contributed by atoms with Gasteiger partial charge in [0.05, 0.1) is 0 Å². The van der Waals surface area contributed by atoms with E-state index in [9.17, 15) is 4.79 Å². The van der Waals surface area contributed by atoms with Gasteiger partial charge in [-0.05, 0) is 31.6 Å². The Morgan fingerprint density at radius 1 is 1.64 bits per heavy atom. The van der Waals surface area contributed by atoms with Crippen LogP contribution in [0.25, 0.3) is 0 Å². The number of rotatable bonds is 1. The summed E-state index contributed by atoms with van der Waals surface area (Å²) in [7, 11) is 0. The molecule has 0 aromatic heterocycles. The molecular formula is C10H14O. The minimum Gasteiger partial charge on any atom is -0.299 e. The van der Waals surface area contributed by atoms with Gasteiger partial charge in [-0.25, -0.2) is 0 Å². The van der Waals surface area contributed by atoms with Gasteiger partial charge in [-0.15, -0.1) is 0 Å². The smallest absolute Gasteiger partial charge is 0.136 e. The lowest BCUT2D eigenvalue weighted by atomic mass is 10.00. The molecule has 0 spiro atoms. The van der Waals surface area contributed by atoms with E-state index >= 15 is 0 Å². The highest BCUT2D eigenvalue weighted by Crippen LogP contribution is 2.56. The first-order valence-corrected chi connectivity index (χ1v) is 4.40. The quantitative estimate of drug-likeness (QED) is 0.523. The fourth-order valence-electron chi connectivity index (χ4n) is 2.52. The summed E-state index contributed by atoms with van der Waals surface area (Å²) < 4.78 is 0. The SMILES string of the molecule is C=C(C)C1[C@H]2C(=O)CCC[C@@H]12. The topological polar surface area (TPSA) is 17.1 Å². The summed E-state index contributed by atoms with van der Waals surface area (Å²) >= 11 is 0. The number of carbonyl (C=O) groups is 1. The molecule has 2 saturated carbocycles. The van der Waals surface area contributed by atoms with Gasteiger partial charge in [0.1, 0.15) is 5.78 Å². The Morgan fingerprint density at radius 2 is 2.36 bits per heavy atom. The number of hydrogen-bond donors (Lipinski definition) is 0. The van der Waals surface area contributed by atoms with Crippen LogP contribution in [0.1, 0.15) is 26.2 Å². The molecule has 0 bridgehead atoms. The molecule has 0 N–H and O–H groups in total. The average molecular weight is 150 g/mol. The second-order valence-corrected chi connectivity index (χ2v) is 3.92. The Bertz CT molecular complexity index is 213. The van der Waals surface area contributed by atoms with Gasteiger partial charge in [0.15, 0.2) is 0 Å². The molecule has 2 fully saturated rings. The fraction of sp³-hybridized carbons (Fsp3) is 0.700. The lowest BCUT2D eigenvalue weighted by Crippen LogP contribution is -2.07. The van der Waals surface area contributed by atoms with Gasteiger partial charge in [-0.3, -0.25) is 4.79 Å². The number of allylic oxidation sites excluding steroid dienone is 1. The molecule has 3 atom stereocenters. The second kappa shape index (κ2) is 2.20. The molecule has 2 aliphatic rings. The molecule has 1 heteroatoms. The maximum Gasteiger partial charge on any atom is 0.136 e. The molecular weight excluding hydrogens is 136 g/mol. The molecule has 1 nitrogen and oxygen atoms in total. The van der Waals surface area contributed by atoms with Crippen LogP contribution in [0, 0.1) is 17.8 Å². The number of ketones is 1. The Morgan fingerprint density at radius 3 is 2.91 bits per heavy atom. The van der Waals surface area contributed by atoms with Crippen molar-refractivity contribution >= 4 is 5.78 Å². The lowest BCUT2D eigenvalue weighted by molar-refractivity contribution is -0.121. The zero-order valence-corrected chi connectivity index (χ0v) is 6.97. The van der Waals surface area contributed by atoms with Crippen LogP contribution in [-0.4, -0.2) is 5.78 Å². The molecule has 60 valence electrons. The predicted octanol–water partition coefficient (Wildman–Crippen LogP) is 2.18. The Hall–Kier alpha value is -0.590. The van der Waals surface area contributed by atoms with Crippen molar-refractivity contribution in [2.45, 2.75) is 26.2 Å². The predicted molar refractivity (Wildman–Crippen MR) is 44.1 cm³/mol. The Balaban J connectivity index is 2.10. The lowest BCUT2D eigenvalue weighted by Gasteiger charge is -2.04. The van der Waals surface area contributed by atoms with E-state index in [1.807, 2.05) is 0 Å². The van der Waals surface area contributed by atoms with Gasteiger partial charge >= 0.3 is 0 Å². The molecule has 2 aliphatic carbocycles. The maximum atomic E-state index is 11.3. The van der Waals surface area contributed by atoms with Gasteiger partial charge < -0.3 is 0 Å². The molecule has 0 heterocycles. The summed E-state index contributed by atoms with van der Waals surface area (Å²) in [5, 5.41) is 0. The first-order valence-electron chi connectivity index (χ1n) is 4.40. The normalized spacial score (nSPS) is 41.5. The molecule has 0 aromatic carbocycles. The van der Waals surface area contributed by atoms with Crippen LogP contribution in [-0.2, 0) is 4.79 Å². The highest BCUT2D eigenvalue weighted by Gasteiger charge is 2.55. The zero-order valence-electron chi connectivity index (χ0n) is 6.97. The minimum absolute atomic E-state index is 0.390. The van der Waals surface area contributed by atoms with Crippen molar-refractivity contribution in [1.29, 1.82) is 0 Å². The molecule has 1 unspecified atom stereocenters. The Labute approximate surface area is 67.5 Å². The highest BCUT2D eigenvalue weighted by atomic mass is 16.1. The van der Waals surface area contributed by atoms with Crippen LogP contribution in [0.5, 0.6) is 0 Å². The molecule has 0 radical (unpaired) electrons. The molecule has 11 heavy (non-hydrogen) atoms. The molecule has 0 amide bonds. The van der Waals surface area contributed by atoms with Gasteiger partial charge in [0.2, 0.25) is 0 Å². The van der Waals surface area contributed by atoms with Crippen molar-refractivity contribution in [1.82, 2.24) is 0 Å². The van der Waals surface area contributed by atoms with Crippen molar-refractivity contribution in [3.8, 4) is 0 Å². The first-order chi connectivity index (χ1) is 5.22. The first kappa shape index (κ1) is 7.08. The fourth-order valence-corrected chi connectivity index (χ4v) is 2.52. The number of carbonyl (C=O) groups excluding carboxylic acids is 1. The van der Waals surface area contributed by atoms with Crippen molar-refractivity contribution in [3.63, 3.8) is 0 Å². The van der Waals surface area contributed by atoms with Crippen molar-refractivity contribution < 1.29 is 4.79 Å². The van der Waals surface area contributed by atoms with Crippen LogP contribution in [0.4, 0.5) is 0 Å². The minimum atomic E-state index is 0.390. The monoisotopic (exact) mass is 150 g/mol. The van der Waals surface area contributed by atoms with E-state index in [0.717, 1.165) is 12.8 Å². The van der Waals surface area contributed by atoms with Gasteiger partial charge in [-0.2, -0.15) is 0 Å². The molecule has 0 aromatic rings. The van der Waals surface area contributed by atoms with E-state index in [1.165, 1.54) is 12.0 Å². The summed E-state index contributed by atoms with van der Waals surface area (Å²) in [6, 6.07) is 0. The van der Waals surface area contributed by atoms with E-state index in [4.69, 9.17) is 0 Å². The second-order valence-electron chi connectivity index (χ2n) is 3.92. The third kappa shape index (κ3) is 0.943. The van der Waals surface area contributed by atoms with E-state index in [0.29, 0.717) is 23.5 Å². The highest BCUT2D eigenvalue weighted by molar-refractivity contribution is 5.85. The van der Waals surface area contributed by atoms with Crippen molar-refractivity contribution in [2.24, 2.45) is 17.8 Å².